The highest BCUT2D eigenvalue weighted by atomic mass is 19.1. The van der Waals surface area contributed by atoms with Crippen LogP contribution in [0.3, 0.4) is 0 Å². The van der Waals surface area contributed by atoms with Gasteiger partial charge in [0.25, 0.3) is 5.91 Å². The molecule has 3 aromatic rings. The molecule has 0 spiro atoms. The number of carbonyl (C=O) groups excluding carboxylic acids is 1. The van der Waals surface area contributed by atoms with E-state index in [0.29, 0.717) is 30.8 Å². The molecule has 8 heteroatoms. The maximum absolute atomic E-state index is 15.0. The zero-order valence-electron chi connectivity index (χ0n) is 16.4. The highest BCUT2D eigenvalue weighted by Crippen LogP contribution is 2.29. The lowest BCUT2D eigenvalue weighted by atomic mass is 10.0. The van der Waals surface area contributed by atoms with E-state index in [1.165, 1.54) is 0 Å². The molecule has 0 radical (unpaired) electrons. The minimum absolute atomic E-state index is 0.0942. The Morgan fingerprint density at radius 3 is 3.00 bits per heavy atom. The molecular formula is C21H22FN5O2. The van der Waals surface area contributed by atoms with Crippen molar-refractivity contribution in [1.29, 1.82) is 0 Å². The Kier molecular flexibility index (Phi) is 4.15. The number of hydrogen-bond acceptors (Lipinski definition) is 5. The third-order valence-corrected chi connectivity index (χ3v) is 5.71. The van der Waals surface area contributed by atoms with Gasteiger partial charge in [-0.15, -0.1) is 0 Å². The summed E-state index contributed by atoms with van der Waals surface area (Å²) in [5, 5.41) is 7.98. The van der Waals surface area contributed by atoms with Crippen molar-refractivity contribution in [3.63, 3.8) is 0 Å². The number of ether oxygens (including phenoxy) is 1. The topological polar surface area (TPSA) is 72.3 Å². The fraction of sp³-hybridized carbons (Fsp3) is 0.381. The average Bonchev–Trinajstić information content (AvgIpc) is 3.25. The Morgan fingerprint density at radius 2 is 2.17 bits per heavy atom. The van der Waals surface area contributed by atoms with Crippen LogP contribution < -0.4 is 15.0 Å². The lowest BCUT2D eigenvalue weighted by molar-refractivity contribution is 0.0820. The van der Waals surface area contributed by atoms with Gasteiger partial charge < -0.3 is 15.0 Å². The predicted molar refractivity (Wildman–Crippen MR) is 107 cm³/mol. The first-order valence-corrected chi connectivity index (χ1v) is 9.76. The quantitative estimate of drug-likeness (QED) is 0.738. The molecule has 2 atom stereocenters. The number of aromatic nitrogens is 3. The van der Waals surface area contributed by atoms with Crippen molar-refractivity contribution in [3.05, 3.63) is 47.3 Å². The second-order valence-corrected chi connectivity index (χ2v) is 7.70. The number of hydrogen-bond donors (Lipinski definition) is 1. The first-order chi connectivity index (χ1) is 14.0. The van der Waals surface area contributed by atoms with Gasteiger partial charge in [0, 0.05) is 25.4 Å². The summed E-state index contributed by atoms with van der Waals surface area (Å²) in [7, 11) is 1.89. The smallest absolute Gasteiger partial charge is 0.253 e. The van der Waals surface area contributed by atoms with Crippen molar-refractivity contribution < 1.29 is 13.9 Å². The van der Waals surface area contributed by atoms with Gasteiger partial charge in [0.05, 0.1) is 36.1 Å². The van der Waals surface area contributed by atoms with Crippen LogP contribution in [0.15, 0.2) is 30.5 Å². The fourth-order valence-corrected chi connectivity index (χ4v) is 4.15. The van der Waals surface area contributed by atoms with E-state index in [1.807, 2.05) is 43.1 Å². The molecular weight excluding hydrogens is 373 g/mol. The number of rotatable bonds is 3. The van der Waals surface area contributed by atoms with Crippen molar-refractivity contribution in [3.8, 4) is 5.75 Å². The van der Waals surface area contributed by atoms with Crippen molar-refractivity contribution in [2.24, 2.45) is 7.05 Å². The minimum Gasteiger partial charge on any atom is -0.487 e. The first kappa shape index (κ1) is 17.9. The highest BCUT2D eigenvalue weighted by molar-refractivity contribution is 5.98. The molecule has 0 unspecified atom stereocenters. The second-order valence-electron chi connectivity index (χ2n) is 7.70. The molecule has 150 valence electrons. The standard InChI is InChI=1S/C21H22FN5O2/c1-12-7-15-17(10-23-21(15)28)25-20(12)27-6-5-19(16(22)11-27)29-14-3-4-18-13(8-14)9-24-26(18)2/h3-4,7-9,16,19H,5-6,10-11H2,1-2H3,(H,23,28)/t16-,19+/m1/s1. The first-order valence-electron chi connectivity index (χ1n) is 9.76. The van der Waals surface area contributed by atoms with Crippen LogP contribution in [-0.4, -0.2) is 46.0 Å². The summed E-state index contributed by atoms with van der Waals surface area (Å²) in [4.78, 5) is 18.4. The molecule has 29 heavy (non-hydrogen) atoms. The summed E-state index contributed by atoms with van der Waals surface area (Å²) in [6, 6.07) is 7.54. The molecule has 2 aliphatic heterocycles. The maximum atomic E-state index is 15.0. The second kappa shape index (κ2) is 6.72. The lowest BCUT2D eigenvalue weighted by Gasteiger charge is -2.36. The van der Waals surface area contributed by atoms with Crippen LogP contribution in [0.1, 0.15) is 28.0 Å². The molecule has 0 saturated carbocycles. The number of nitrogens with zero attached hydrogens (tertiary/aromatic N) is 4. The summed E-state index contributed by atoms with van der Waals surface area (Å²) in [5.74, 6) is 1.31. The normalized spacial score (nSPS) is 21.3. The van der Waals surface area contributed by atoms with Crippen molar-refractivity contribution in [1.82, 2.24) is 20.1 Å². The van der Waals surface area contributed by atoms with Crippen LogP contribution in [0.5, 0.6) is 5.75 Å². The number of benzene rings is 1. The van der Waals surface area contributed by atoms with Crippen molar-refractivity contribution in [2.45, 2.75) is 32.2 Å². The van der Waals surface area contributed by atoms with E-state index in [9.17, 15) is 9.18 Å². The molecule has 7 nitrogen and oxygen atoms in total. The number of halogens is 1. The minimum atomic E-state index is -1.14. The number of carbonyl (C=O) groups is 1. The predicted octanol–water partition coefficient (Wildman–Crippen LogP) is 2.52. The Hall–Kier alpha value is -3.16. The molecule has 2 aromatic heterocycles. The molecule has 1 N–H and O–H groups in total. The average molecular weight is 395 g/mol. The zero-order valence-corrected chi connectivity index (χ0v) is 16.4. The van der Waals surface area contributed by atoms with Crippen LogP contribution in [-0.2, 0) is 13.6 Å². The third-order valence-electron chi connectivity index (χ3n) is 5.71. The summed E-state index contributed by atoms with van der Waals surface area (Å²) < 4.78 is 22.7. The lowest BCUT2D eigenvalue weighted by Crippen LogP contribution is -2.47. The number of anilines is 1. The van der Waals surface area contributed by atoms with Crippen molar-refractivity contribution >= 4 is 22.6 Å². The third kappa shape index (κ3) is 3.08. The van der Waals surface area contributed by atoms with E-state index in [1.54, 1.807) is 10.9 Å². The summed E-state index contributed by atoms with van der Waals surface area (Å²) in [6.07, 6.45) is 0.697. The number of aryl methyl sites for hydroxylation is 2. The Morgan fingerprint density at radius 1 is 1.31 bits per heavy atom. The number of alkyl halides is 1. The van der Waals surface area contributed by atoms with Crippen LogP contribution in [0.4, 0.5) is 10.2 Å². The number of piperidine rings is 1. The molecule has 4 heterocycles. The van der Waals surface area contributed by atoms with E-state index in [0.717, 1.165) is 28.0 Å². The molecule has 5 rings (SSSR count). The van der Waals surface area contributed by atoms with Gasteiger partial charge in [-0.25, -0.2) is 9.37 Å². The Balaban J connectivity index is 1.31. The van der Waals surface area contributed by atoms with Crippen LogP contribution >= 0.6 is 0 Å². The molecule has 0 bridgehead atoms. The molecule has 1 fully saturated rings. The number of amides is 1. The van der Waals surface area contributed by atoms with Crippen LogP contribution in [0.25, 0.3) is 10.9 Å². The Labute approximate surface area is 167 Å². The van der Waals surface area contributed by atoms with Gasteiger partial charge >= 0.3 is 0 Å². The highest BCUT2D eigenvalue weighted by Gasteiger charge is 2.33. The number of nitrogens with one attached hydrogen (secondary N) is 1. The van der Waals surface area contributed by atoms with Gasteiger partial charge in [0.15, 0.2) is 6.17 Å². The van der Waals surface area contributed by atoms with E-state index in [-0.39, 0.29) is 12.5 Å². The zero-order chi connectivity index (χ0) is 20.1. The van der Waals surface area contributed by atoms with Crippen LogP contribution in [0.2, 0.25) is 0 Å². The van der Waals surface area contributed by atoms with Gasteiger partial charge in [-0.3, -0.25) is 9.48 Å². The van der Waals surface area contributed by atoms with Gasteiger partial charge in [-0.1, -0.05) is 0 Å². The molecule has 2 aliphatic rings. The number of fused-ring (bicyclic) bond motifs is 2. The molecule has 0 aliphatic carbocycles. The summed E-state index contributed by atoms with van der Waals surface area (Å²) in [6.45, 7) is 3.20. The largest absolute Gasteiger partial charge is 0.487 e. The van der Waals surface area contributed by atoms with Gasteiger partial charge in [-0.05, 0) is 36.8 Å². The van der Waals surface area contributed by atoms with Gasteiger partial charge in [-0.2, -0.15) is 5.10 Å². The molecule has 1 saturated heterocycles. The van der Waals surface area contributed by atoms with E-state index in [2.05, 4.69) is 15.4 Å². The Bertz CT molecular complexity index is 1110. The SMILES string of the molecule is Cc1cc2c(nc1N1CC[C@H](Oc3ccc4c(cnn4C)c3)[C@H](F)C1)CNC2=O. The van der Waals surface area contributed by atoms with Gasteiger partial charge in [0.2, 0.25) is 0 Å². The van der Waals surface area contributed by atoms with E-state index < -0.39 is 12.3 Å². The van der Waals surface area contributed by atoms with E-state index in [4.69, 9.17) is 4.74 Å². The fourth-order valence-electron chi connectivity index (χ4n) is 4.15. The maximum Gasteiger partial charge on any atom is 0.253 e. The molecule has 1 amide bonds. The van der Waals surface area contributed by atoms with Gasteiger partial charge in [0.1, 0.15) is 17.7 Å². The van der Waals surface area contributed by atoms with E-state index >= 15 is 0 Å². The summed E-state index contributed by atoms with van der Waals surface area (Å²) in [5.41, 5.74) is 3.24. The van der Waals surface area contributed by atoms with Crippen LogP contribution in [0, 0.1) is 6.92 Å². The van der Waals surface area contributed by atoms with Crippen molar-refractivity contribution in [2.75, 3.05) is 18.0 Å². The monoisotopic (exact) mass is 395 g/mol. The molecule has 1 aromatic carbocycles. The number of pyridine rings is 1. The summed E-state index contributed by atoms with van der Waals surface area (Å²) >= 11 is 0.